The van der Waals surface area contributed by atoms with Crippen molar-refractivity contribution in [3.63, 3.8) is 0 Å². The van der Waals surface area contributed by atoms with Crippen molar-refractivity contribution in [1.82, 2.24) is 20.9 Å². The Bertz CT molecular complexity index is 841. The van der Waals surface area contributed by atoms with Crippen molar-refractivity contribution in [2.24, 2.45) is 11.8 Å². The lowest BCUT2D eigenvalue weighted by atomic mass is 9.87. The monoisotopic (exact) mass is 518 g/mol. The van der Waals surface area contributed by atoms with Gasteiger partial charge in [-0.05, 0) is 64.5 Å². The summed E-state index contributed by atoms with van der Waals surface area (Å²) >= 11 is 0. The van der Waals surface area contributed by atoms with E-state index in [4.69, 9.17) is 9.47 Å². The Morgan fingerprint density at radius 3 is 2.54 bits per heavy atom. The van der Waals surface area contributed by atoms with Gasteiger partial charge in [0.15, 0.2) is 0 Å². The van der Waals surface area contributed by atoms with Gasteiger partial charge in [-0.3, -0.25) is 0 Å². The number of hydrogen-bond donors (Lipinski definition) is 3. The quantitative estimate of drug-likeness (QED) is 0.388. The number of hydrogen-bond acceptors (Lipinski definition) is 6. The number of nitrogens with zero attached hydrogens (tertiary/aromatic N) is 1. The first-order chi connectivity index (χ1) is 17.9. The second-order valence-electron chi connectivity index (χ2n) is 10.5. The Labute approximate surface area is 222 Å². The Morgan fingerprint density at radius 1 is 1.14 bits per heavy atom. The number of likely N-dealkylation sites (tertiary alicyclic amines) is 1. The van der Waals surface area contributed by atoms with Gasteiger partial charge in [0, 0.05) is 51.4 Å². The first-order valence-electron chi connectivity index (χ1n) is 13.7. The number of carbonyl (C=O) groups excluding carboxylic acids is 2. The molecule has 0 spiro atoms. The van der Waals surface area contributed by atoms with Crippen molar-refractivity contribution in [3.8, 4) is 0 Å². The molecule has 9 heteroatoms. The zero-order chi connectivity index (χ0) is 26.6. The van der Waals surface area contributed by atoms with Gasteiger partial charge < -0.3 is 35.1 Å². The Morgan fingerprint density at radius 2 is 1.86 bits per heavy atom. The first kappa shape index (κ1) is 29.2. The molecule has 1 unspecified atom stereocenters. The predicted octanol–water partition coefficient (Wildman–Crippen LogP) is 3.54. The molecular weight excluding hydrogens is 472 g/mol. The number of piperidine rings is 1. The highest BCUT2D eigenvalue weighted by atomic mass is 16.5. The second kappa shape index (κ2) is 15.1. The summed E-state index contributed by atoms with van der Waals surface area (Å²) in [5.41, 5.74) is 3.49. The molecular formula is C28H46N4O5. The summed E-state index contributed by atoms with van der Waals surface area (Å²) in [6, 6.07) is 6.59. The summed E-state index contributed by atoms with van der Waals surface area (Å²) in [6.45, 7) is 8.67. The molecule has 3 atom stereocenters. The Hall–Kier alpha value is -2.36. The van der Waals surface area contributed by atoms with Crippen LogP contribution in [0.25, 0.3) is 0 Å². The third kappa shape index (κ3) is 9.47. The van der Waals surface area contributed by atoms with Gasteiger partial charge in [0.2, 0.25) is 0 Å². The zero-order valence-corrected chi connectivity index (χ0v) is 23.0. The molecule has 2 saturated heterocycles. The van der Waals surface area contributed by atoms with Crippen LogP contribution in [0.4, 0.5) is 9.59 Å². The molecule has 3 rings (SSSR count). The second-order valence-corrected chi connectivity index (χ2v) is 10.5. The van der Waals surface area contributed by atoms with Gasteiger partial charge in [-0.1, -0.05) is 29.3 Å². The third-order valence-electron chi connectivity index (χ3n) is 7.34. The minimum atomic E-state index is -0.469. The van der Waals surface area contributed by atoms with Gasteiger partial charge in [0.25, 0.3) is 0 Å². The number of ether oxygens (including phenoxy) is 3. The largest absolute Gasteiger partial charge is 0.453 e. The van der Waals surface area contributed by atoms with E-state index in [-0.39, 0.29) is 24.1 Å². The standard InChI is InChI=1S/C28H46N4O5/c1-20-14-21(2)16-24(15-20)26(37-13-9-30-28(34)35-4)23-6-5-10-32(19-23)27(33)31-25(18-29-3)17-22-7-11-36-12-8-22/h14-16,22-23,25-26,29H,5-13,17-19H2,1-4H3,(H,30,34)(H,31,33)/t23-,25+,26?/m1/s1. The number of urea groups is 1. The molecule has 9 nitrogen and oxygen atoms in total. The van der Waals surface area contributed by atoms with Crippen LogP contribution >= 0.6 is 0 Å². The number of likely N-dealkylation sites (N-methyl/N-ethyl adjacent to an activating group) is 1. The van der Waals surface area contributed by atoms with E-state index in [1.807, 2.05) is 11.9 Å². The highest BCUT2D eigenvalue weighted by Gasteiger charge is 2.32. The van der Waals surface area contributed by atoms with Crippen molar-refractivity contribution in [2.75, 3.05) is 60.2 Å². The lowest BCUT2D eigenvalue weighted by Crippen LogP contribution is -2.52. The number of benzene rings is 1. The molecule has 37 heavy (non-hydrogen) atoms. The van der Waals surface area contributed by atoms with E-state index < -0.39 is 6.09 Å². The average Bonchev–Trinajstić information content (AvgIpc) is 2.88. The molecule has 2 aliphatic heterocycles. The van der Waals surface area contributed by atoms with E-state index in [2.05, 4.69) is 52.7 Å². The molecule has 1 aromatic rings. The van der Waals surface area contributed by atoms with Crippen LogP contribution in [0.15, 0.2) is 18.2 Å². The van der Waals surface area contributed by atoms with E-state index in [9.17, 15) is 9.59 Å². The van der Waals surface area contributed by atoms with Crippen molar-refractivity contribution >= 4 is 12.1 Å². The van der Waals surface area contributed by atoms with Crippen LogP contribution in [0.5, 0.6) is 0 Å². The van der Waals surface area contributed by atoms with E-state index in [1.165, 1.54) is 18.2 Å². The molecule has 0 aromatic heterocycles. The van der Waals surface area contributed by atoms with Gasteiger partial charge in [-0.25, -0.2) is 9.59 Å². The number of nitrogens with one attached hydrogen (secondary N) is 3. The molecule has 0 radical (unpaired) electrons. The lowest BCUT2D eigenvalue weighted by molar-refractivity contribution is -0.00875. The van der Waals surface area contributed by atoms with E-state index in [1.54, 1.807) is 0 Å². The van der Waals surface area contributed by atoms with E-state index >= 15 is 0 Å². The molecule has 2 heterocycles. The third-order valence-corrected chi connectivity index (χ3v) is 7.34. The fourth-order valence-corrected chi connectivity index (χ4v) is 5.62. The number of carbonyl (C=O) groups is 2. The van der Waals surface area contributed by atoms with Crippen LogP contribution in [0.1, 0.15) is 54.9 Å². The smallest absolute Gasteiger partial charge is 0.406 e. The zero-order valence-electron chi connectivity index (χ0n) is 23.0. The number of rotatable bonds is 11. The van der Waals surface area contributed by atoms with Crippen LogP contribution < -0.4 is 16.0 Å². The van der Waals surface area contributed by atoms with Crippen LogP contribution in [-0.2, 0) is 14.2 Å². The lowest BCUT2D eigenvalue weighted by Gasteiger charge is -2.38. The maximum absolute atomic E-state index is 13.4. The molecule has 1 aromatic carbocycles. The van der Waals surface area contributed by atoms with E-state index in [0.717, 1.165) is 64.0 Å². The summed E-state index contributed by atoms with van der Waals surface area (Å²) in [5, 5.41) is 9.23. The first-order valence-corrected chi connectivity index (χ1v) is 13.7. The molecule has 3 amide bonds. The van der Waals surface area contributed by atoms with Crippen LogP contribution in [0.2, 0.25) is 0 Å². The Balaban J connectivity index is 1.65. The van der Waals surface area contributed by atoms with Gasteiger partial charge >= 0.3 is 12.1 Å². The number of aryl methyl sites for hydroxylation is 2. The summed E-state index contributed by atoms with van der Waals surface area (Å²) in [7, 11) is 3.28. The summed E-state index contributed by atoms with van der Waals surface area (Å²) in [4.78, 5) is 26.8. The van der Waals surface area contributed by atoms with Gasteiger partial charge in [-0.2, -0.15) is 0 Å². The number of methoxy groups -OCH3 is 1. The Kier molecular flexibility index (Phi) is 12.0. The van der Waals surface area contributed by atoms with Crippen LogP contribution in [0.3, 0.4) is 0 Å². The van der Waals surface area contributed by atoms with Gasteiger partial charge in [-0.15, -0.1) is 0 Å². The van der Waals surface area contributed by atoms with Gasteiger partial charge in [0.05, 0.1) is 19.8 Å². The predicted molar refractivity (Wildman–Crippen MR) is 144 cm³/mol. The fourth-order valence-electron chi connectivity index (χ4n) is 5.62. The topological polar surface area (TPSA) is 101 Å². The number of amides is 3. The maximum Gasteiger partial charge on any atom is 0.406 e. The molecule has 0 bridgehead atoms. The maximum atomic E-state index is 13.4. The summed E-state index contributed by atoms with van der Waals surface area (Å²) in [6.07, 6.45) is 4.36. The molecule has 0 saturated carbocycles. The fraction of sp³-hybridized carbons (Fsp3) is 0.714. The summed E-state index contributed by atoms with van der Waals surface area (Å²) in [5.74, 6) is 0.750. The minimum Gasteiger partial charge on any atom is -0.453 e. The molecule has 3 N–H and O–H groups in total. The number of alkyl carbamates (subject to hydrolysis) is 1. The highest BCUT2D eigenvalue weighted by Crippen LogP contribution is 2.34. The normalized spacial score (nSPS) is 20.2. The van der Waals surface area contributed by atoms with Crippen LogP contribution in [0, 0.1) is 25.7 Å². The molecule has 208 valence electrons. The van der Waals surface area contributed by atoms with E-state index in [0.29, 0.717) is 25.6 Å². The molecule has 0 aliphatic carbocycles. The van der Waals surface area contributed by atoms with Crippen LogP contribution in [-0.4, -0.2) is 83.2 Å². The highest BCUT2D eigenvalue weighted by molar-refractivity contribution is 5.74. The van der Waals surface area contributed by atoms with Crippen molar-refractivity contribution in [2.45, 2.75) is 58.1 Å². The average molecular weight is 519 g/mol. The molecule has 2 aliphatic rings. The van der Waals surface area contributed by atoms with Crippen molar-refractivity contribution in [3.05, 3.63) is 34.9 Å². The molecule has 2 fully saturated rings. The summed E-state index contributed by atoms with van der Waals surface area (Å²) < 4.78 is 16.5. The minimum absolute atomic E-state index is 0.00328. The van der Waals surface area contributed by atoms with Crippen molar-refractivity contribution < 1.29 is 23.8 Å². The van der Waals surface area contributed by atoms with Gasteiger partial charge in [0.1, 0.15) is 0 Å². The SMILES string of the molecule is CNC[C@H](CC1CCOCC1)NC(=O)N1CCC[C@@H](C(OCCNC(=O)OC)c2cc(C)cc(C)c2)C1. The van der Waals surface area contributed by atoms with Crippen molar-refractivity contribution in [1.29, 1.82) is 0 Å².